The van der Waals surface area contributed by atoms with Crippen LogP contribution < -0.4 is 19.7 Å². The van der Waals surface area contributed by atoms with E-state index < -0.39 is 6.10 Å². The number of fused-ring (bicyclic) bond motifs is 1. The number of aromatic nitrogens is 4. The molecule has 4 aromatic rings. The van der Waals surface area contributed by atoms with Crippen LogP contribution in [0.1, 0.15) is 37.0 Å². The second-order valence-electron chi connectivity index (χ2n) is 9.77. The Hall–Kier alpha value is -3.58. The third kappa shape index (κ3) is 4.19. The van der Waals surface area contributed by atoms with Crippen LogP contribution in [0.5, 0.6) is 11.5 Å². The minimum atomic E-state index is -0.472. The number of nitriles is 1. The summed E-state index contributed by atoms with van der Waals surface area (Å²) in [6.07, 6.45) is 6.71. The van der Waals surface area contributed by atoms with Gasteiger partial charge in [-0.3, -0.25) is 10.1 Å². The Morgan fingerprint density at radius 2 is 1.92 bits per heavy atom. The SMILES string of the molecule is COc1cc2[nH]nc(-c3cnc(N4CC5(CCCN5)C4)c(C#N)c3)c2cc1O[C@H](C)c1c(Cl)cncc1Cl. The first-order valence-corrected chi connectivity index (χ1v) is 13.1. The van der Waals surface area contributed by atoms with Crippen LogP contribution in [0.3, 0.4) is 0 Å². The fourth-order valence-corrected chi connectivity index (χ4v) is 6.12. The van der Waals surface area contributed by atoms with Crippen LogP contribution in [-0.2, 0) is 0 Å². The van der Waals surface area contributed by atoms with Crippen molar-refractivity contribution in [2.75, 3.05) is 31.6 Å². The van der Waals surface area contributed by atoms with Gasteiger partial charge in [-0.05, 0) is 38.4 Å². The molecule has 1 aromatic carbocycles. The van der Waals surface area contributed by atoms with Crippen molar-refractivity contribution in [3.63, 3.8) is 0 Å². The van der Waals surface area contributed by atoms with Crippen molar-refractivity contribution in [3.8, 4) is 28.8 Å². The van der Waals surface area contributed by atoms with E-state index in [9.17, 15) is 5.26 Å². The van der Waals surface area contributed by atoms with E-state index in [-0.39, 0.29) is 5.54 Å². The highest BCUT2D eigenvalue weighted by Crippen LogP contribution is 2.41. The lowest BCUT2D eigenvalue weighted by molar-refractivity contribution is 0.216. The summed E-state index contributed by atoms with van der Waals surface area (Å²) in [6.45, 7) is 4.64. The summed E-state index contributed by atoms with van der Waals surface area (Å²) < 4.78 is 11.9. The molecule has 2 fully saturated rings. The van der Waals surface area contributed by atoms with Crippen LogP contribution in [0.2, 0.25) is 10.0 Å². The Kier molecular flexibility index (Phi) is 6.26. The molecule has 0 bridgehead atoms. The van der Waals surface area contributed by atoms with Gasteiger partial charge in [-0.2, -0.15) is 10.4 Å². The molecular formula is C27H25Cl2N7O2. The Bertz CT molecular complexity index is 1550. The van der Waals surface area contributed by atoms with Gasteiger partial charge in [-0.1, -0.05) is 23.2 Å². The molecular weight excluding hydrogens is 525 g/mol. The van der Waals surface area contributed by atoms with Gasteiger partial charge in [0, 0.05) is 54.3 Å². The number of hydrogen-bond donors (Lipinski definition) is 2. The van der Waals surface area contributed by atoms with Gasteiger partial charge >= 0.3 is 0 Å². The van der Waals surface area contributed by atoms with E-state index in [0.717, 1.165) is 42.5 Å². The number of anilines is 1. The highest BCUT2D eigenvalue weighted by Gasteiger charge is 2.45. The first-order chi connectivity index (χ1) is 18.4. The van der Waals surface area contributed by atoms with Crippen molar-refractivity contribution < 1.29 is 9.47 Å². The van der Waals surface area contributed by atoms with Crippen LogP contribution in [0.4, 0.5) is 5.82 Å². The number of H-pyrrole nitrogens is 1. The van der Waals surface area contributed by atoms with Gasteiger partial charge in [0.1, 0.15) is 23.7 Å². The second-order valence-corrected chi connectivity index (χ2v) is 10.6. The highest BCUT2D eigenvalue weighted by molar-refractivity contribution is 6.35. The van der Waals surface area contributed by atoms with Gasteiger partial charge in [0.15, 0.2) is 11.5 Å². The van der Waals surface area contributed by atoms with Crippen molar-refractivity contribution in [1.82, 2.24) is 25.5 Å². The second kappa shape index (κ2) is 9.62. The number of ether oxygens (including phenoxy) is 2. The van der Waals surface area contributed by atoms with Gasteiger partial charge < -0.3 is 19.7 Å². The Balaban J connectivity index is 1.33. The minimum Gasteiger partial charge on any atom is -0.493 e. The van der Waals surface area contributed by atoms with Gasteiger partial charge in [-0.25, -0.2) is 4.98 Å². The quantitative estimate of drug-likeness (QED) is 0.333. The summed E-state index contributed by atoms with van der Waals surface area (Å²) in [5, 5.41) is 22.7. The Morgan fingerprint density at radius 1 is 1.13 bits per heavy atom. The molecule has 0 aliphatic carbocycles. The van der Waals surface area contributed by atoms with Crippen LogP contribution in [0.15, 0.2) is 36.8 Å². The highest BCUT2D eigenvalue weighted by atomic mass is 35.5. The maximum atomic E-state index is 9.92. The topological polar surface area (TPSA) is 112 Å². The maximum absolute atomic E-state index is 9.92. The summed E-state index contributed by atoms with van der Waals surface area (Å²) in [7, 11) is 1.57. The largest absolute Gasteiger partial charge is 0.493 e. The van der Waals surface area contributed by atoms with Gasteiger partial charge in [0.25, 0.3) is 0 Å². The molecule has 3 aromatic heterocycles. The molecule has 5 heterocycles. The zero-order valence-corrected chi connectivity index (χ0v) is 22.4. The first kappa shape index (κ1) is 24.7. The fourth-order valence-electron chi connectivity index (χ4n) is 5.45. The van der Waals surface area contributed by atoms with Crippen LogP contribution >= 0.6 is 23.2 Å². The molecule has 2 N–H and O–H groups in total. The van der Waals surface area contributed by atoms with Crippen LogP contribution in [-0.4, -0.2) is 52.4 Å². The zero-order chi connectivity index (χ0) is 26.4. The zero-order valence-electron chi connectivity index (χ0n) is 20.9. The molecule has 9 nitrogen and oxygen atoms in total. The van der Waals surface area contributed by atoms with E-state index in [0.29, 0.717) is 44.2 Å². The number of nitrogens with one attached hydrogen (secondary N) is 2. The molecule has 2 aliphatic rings. The summed E-state index contributed by atoms with van der Waals surface area (Å²) in [5.74, 6) is 1.74. The Morgan fingerprint density at radius 3 is 2.61 bits per heavy atom. The molecule has 1 atom stereocenters. The third-order valence-electron chi connectivity index (χ3n) is 7.33. The standard InChI is InChI=1S/C27H25Cl2N7O2/c1-15(24-19(28)11-31-12-20(24)29)38-23-7-18-21(8-22(23)37-2)34-35-25(18)17-6-16(9-30)26(32-10-17)36-13-27(14-36)4-3-5-33-27/h6-8,10-12,15,33H,3-5,13-14H2,1-2H3,(H,34,35)/t15-/m1/s1. The number of pyridine rings is 2. The summed E-state index contributed by atoms with van der Waals surface area (Å²) in [6, 6.07) is 7.85. The van der Waals surface area contributed by atoms with Gasteiger partial charge in [-0.15, -0.1) is 0 Å². The Labute approximate surface area is 229 Å². The normalized spacial score (nSPS) is 16.9. The van der Waals surface area contributed by atoms with Crippen molar-refractivity contribution >= 4 is 39.9 Å². The first-order valence-electron chi connectivity index (χ1n) is 12.3. The lowest BCUT2D eigenvalue weighted by Crippen LogP contribution is -2.67. The van der Waals surface area contributed by atoms with Crippen molar-refractivity contribution in [3.05, 3.63) is 58.0 Å². The minimum absolute atomic E-state index is 0.169. The molecule has 38 heavy (non-hydrogen) atoms. The smallest absolute Gasteiger partial charge is 0.162 e. The van der Waals surface area contributed by atoms with E-state index in [2.05, 4.69) is 36.5 Å². The van der Waals surface area contributed by atoms with E-state index in [1.54, 1.807) is 13.3 Å². The van der Waals surface area contributed by atoms with E-state index in [1.807, 2.05) is 25.1 Å². The maximum Gasteiger partial charge on any atom is 0.162 e. The molecule has 1 spiro atoms. The molecule has 0 saturated carbocycles. The number of halogens is 2. The van der Waals surface area contributed by atoms with Crippen LogP contribution in [0.25, 0.3) is 22.2 Å². The summed E-state index contributed by atoms with van der Waals surface area (Å²) in [4.78, 5) is 10.9. The number of hydrogen-bond acceptors (Lipinski definition) is 8. The number of nitrogens with zero attached hydrogens (tertiary/aromatic N) is 5. The number of rotatable bonds is 6. The van der Waals surface area contributed by atoms with Crippen molar-refractivity contribution in [2.24, 2.45) is 0 Å². The van der Waals surface area contributed by atoms with Crippen molar-refractivity contribution in [1.29, 1.82) is 5.26 Å². The van der Waals surface area contributed by atoms with Gasteiger partial charge in [0.2, 0.25) is 0 Å². The number of aromatic amines is 1. The summed E-state index contributed by atoms with van der Waals surface area (Å²) >= 11 is 12.7. The predicted molar refractivity (Wildman–Crippen MR) is 146 cm³/mol. The monoisotopic (exact) mass is 549 g/mol. The molecule has 0 amide bonds. The average Bonchev–Trinajstić information content (AvgIpc) is 3.54. The van der Waals surface area contributed by atoms with E-state index in [4.69, 9.17) is 32.7 Å². The van der Waals surface area contributed by atoms with E-state index in [1.165, 1.54) is 18.8 Å². The lowest BCUT2D eigenvalue weighted by atomic mass is 9.88. The number of benzene rings is 1. The van der Waals surface area contributed by atoms with Gasteiger partial charge in [0.05, 0.1) is 33.8 Å². The summed E-state index contributed by atoms with van der Waals surface area (Å²) in [5.41, 5.74) is 3.48. The van der Waals surface area contributed by atoms with Crippen LogP contribution in [0, 0.1) is 11.3 Å². The predicted octanol–water partition coefficient (Wildman–Crippen LogP) is 5.29. The molecule has 2 saturated heterocycles. The number of methoxy groups -OCH3 is 1. The molecule has 11 heteroatoms. The van der Waals surface area contributed by atoms with Crippen molar-refractivity contribution in [2.45, 2.75) is 31.4 Å². The molecule has 2 aliphatic heterocycles. The molecule has 6 rings (SSSR count). The molecule has 0 unspecified atom stereocenters. The molecule has 0 radical (unpaired) electrons. The third-order valence-corrected chi connectivity index (χ3v) is 7.93. The fraction of sp³-hybridized carbons (Fsp3) is 0.333. The van der Waals surface area contributed by atoms with E-state index >= 15 is 0 Å². The average molecular weight is 550 g/mol. The lowest BCUT2D eigenvalue weighted by Gasteiger charge is -2.49. The molecule has 194 valence electrons.